The maximum Gasteiger partial charge on any atom is 0.228 e. The lowest BCUT2D eigenvalue weighted by Crippen LogP contribution is -2.15. The fraction of sp³-hybridized carbons (Fsp3) is 0.238. The van der Waals surface area contributed by atoms with Gasteiger partial charge >= 0.3 is 0 Å². The molecule has 0 bridgehead atoms. The molecule has 0 saturated heterocycles. The van der Waals surface area contributed by atoms with Crippen LogP contribution in [0.2, 0.25) is 0 Å². The Morgan fingerprint density at radius 2 is 1.85 bits per heavy atom. The fourth-order valence-electron chi connectivity index (χ4n) is 2.99. The Balaban J connectivity index is 1.79. The van der Waals surface area contributed by atoms with Crippen molar-refractivity contribution >= 4 is 11.6 Å². The van der Waals surface area contributed by atoms with Crippen LogP contribution in [0, 0.1) is 20.8 Å². The highest BCUT2D eigenvalue weighted by molar-refractivity contribution is 5.93. The summed E-state index contributed by atoms with van der Waals surface area (Å²) < 4.78 is 7.18. The summed E-state index contributed by atoms with van der Waals surface area (Å²) >= 11 is 0. The standard InChI is InChI=1S/C21H23N3O2/c1-14-10-11-17(12-19(14)26-4)13-20(25)22-21-15(2)23-24(16(21)3)18-8-6-5-7-9-18/h5-12H,13H2,1-4H3,(H,22,25). The van der Waals surface area contributed by atoms with Crippen LogP contribution in [-0.2, 0) is 11.2 Å². The van der Waals surface area contributed by atoms with Crippen molar-refractivity contribution in [2.24, 2.45) is 0 Å². The van der Waals surface area contributed by atoms with E-state index in [2.05, 4.69) is 10.4 Å². The first-order chi connectivity index (χ1) is 12.5. The Labute approximate surface area is 153 Å². The maximum absolute atomic E-state index is 12.5. The number of methoxy groups -OCH3 is 1. The van der Waals surface area contributed by atoms with E-state index in [9.17, 15) is 4.79 Å². The normalized spacial score (nSPS) is 10.6. The predicted molar refractivity (Wildman–Crippen MR) is 103 cm³/mol. The third kappa shape index (κ3) is 3.61. The number of para-hydroxylation sites is 1. The number of hydrogen-bond donors (Lipinski definition) is 1. The number of nitrogens with one attached hydrogen (secondary N) is 1. The first-order valence-corrected chi connectivity index (χ1v) is 8.54. The summed E-state index contributed by atoms with van der Waals surface area (Å²) in [5, 5.41) is 7.57. The lowest BCUT2D eigenvalue weighted by Gasteiger charge is -2.09. The summed E-state index contributed by atoms with van der Waals surface area (Å²) in [5.41, 5.74) is 5.39. The summed E-state index contributed by atoms with van der Waals surface area (Å²) in [7, 11) is 1.64. The van der Waals surface area contributed by atoms with Crippen molar-refractivity contribution in [3.8, 4) is 11.4 Å². The van der Waals surface area contributed by atoms with Gasteiger partial charge in [-0.3, -0.25) is 4.79 Å². The zero-order valence-electron chi connectivity index (χ0n) is 15.5. The maximum atomic E-state index is 12.5. The van der Waals surface area contributed by atoms with Crippen molar-refractivity contribution in [2.45, 2.75) is 27.2 Å². The Kier molecular flexibility index (Phi) is 5.07. The zero-order valence-corrected chi connectivity index (χ0v) is 15.5. The molecule has 3 rings (SSSR count). The molecule has 26 heavy (non-hydrogen) atoms. The van der Waals surface area contributed by atoms with E-state index in [-0.39, 0.29) is 12.3 Å². The van der Waals surface area contributed by atoms with Crippen LogP contribution >= 0.6 is 0 Å². The Hall–Kier alpha value is -3.08. The van der Waals surface area contributed by atoms with Crippen LogP contribution in [-0.4, -0.2) is 22.8 Å². The first kappa shape index (κ1) is 17.7. The van der Waals surface area contributed by atoms with Gasteiger partial charge in [0, 0.05) is 0 Å². The molecule has 0 saturated carbocycles. The van der Waals surface area contributed by atoms with Crippen LogP contribution in [0.15, 0.2) is 48.5 Å². The molecule has 5 nitrogen and oxygen atoms in total. The summed E-state index contributed by atoms with van der Waals surface area (Å²) in [6.07, 6.45) is 0.284. The number of hydrogen-bond acceptors (Lipinski definition) is 3. The summed E-state index contributed by atoms with van der Waals surface area (Å²) in [5.74, 6) is 0.717. The van der Waals surface area contributed by atoms with Gasteiger partial charge in [-0.25, -0.2) is 4.68 Å². The van der Waals surface area contributed by atoms with E-state index >= 15 is 0 Å². The smallest absolute Gasteiger partial charge is 0.228 e. The third-order valence-electron chi connectivity index (χ3n) is 4.39. The number of benzene rings is 2. The van der Waals surface area contributed by atoms with Gasteiger partial charge in [0.05, 0.1) is 36.3 Å². The minimum atomic E-state index is -0.0743. The van der Waals surface area contributed by atoms with Crippen molar-refractivity contribution in [3.05, 3.63) is 71.0 Å². The number of amides is 1. The van der Waals surface area contributed by atoms with Crippen LogP contribution in [0.25, 0.3) is 5.69 Å². The van der Waals surface area contributed by atoms with Gasteiger partial charge in [0.1, 0.15) is 5.75 Å². The fourth-order valence-corrected chi connectivity index (χ4v) is 2.99. The molecule has 0 aliphatic heterocycles. The minimum Gasteiger partial charge on any atom is -0.496 e. The van der Waals surface area contributed by atoms with Crippen LogP contribution in [0.1, 0.15) is 22.5 Å². The molecular formula is C21H23N3O2. The van der Waals surface area contributed by atoms with Gasteiger partial charge in [0.25, 0.3) is 0 Å². The molecule has 0 atom stereocenters. The average Bonchev–Trinajstić information content (AvgIpc) is 2.92. The molecule has 1 aromatic heterocycles. The second kappa shape index (κ2) is 7.44. The van der Waals surface area contributed by atoms with Gasteiger partial charge in [-0.05, 0) is 50.1 Å². The monoisotopic (exact) mass is 349 g/mol. The number of carbonyl (C=O) groups is 1. The quantitative estimate of drug-likeness (QED) is 0.758. The van der Waals surface area contributed by atoms with E-state index in [1.807, 2.05) is 74.0 Å². The molecule has 3 aromatic rings. The van der Waals surface area contributed by atoms with E-state index in [0.717, 1.165) is 39.6 Å². The number of rotatable bonds is 5. The topological polar surface area (TPSA) is 56.1 Å². The molecule has 0 unspecified atom stereocenters. The van der Waals surface area contributed by atoms with E-state index in [0.29, 0.717) is 0 Å². The van der Waals surface area contributed by atoms with Crippen LogP contribution in [0.3, 0.4) is 0 Å². The van der Waals surface area contributed by atoms with Crippen molar-refractivity contribution in [2.75, 3.05) is 12.4 Å². The summed E-state index contributed by atoms with van der Waals surface area (Å²) in [6, 6.07) is 15.7. The molecule has 1 heterocycles. The zero-order chi connectivity index (χ0) is 18.7. The molecule has 0 radical (unpaired) electrons. The van der Waals surface area contributed by atoms with E-state index in [4.69, 9.17) is 4.74 Å². The molecule has 1 amide bonds. The number of anilines is 1. The van der Waals surface area contributed by atoms with Crippen LogP contribution < -0.4 is 10.1 Å². The highest BCUT2D eigenvalue weighted by atomic mass is 16.5. The summed E-state index contributed by atoms with van der Waals surface area (Å²) in [6.45, 7) is 5.84. The lowest BCUT2D eigenvalue weighted by molar-refractivity contribution is -0.115. The van der Waals surface area contributed by atoms with Gasteiger partial charge in [-0.2, -0.15) is 5.10 Å². The average molecular weight is 349 g/mol. The minimum absolute atomic E-state index is 0.0743. The van der Waals surface area contributed by atoms with Crippen molar-refractivity contribution < 1.29 is 9.53 Å². The van der Waals surface area contributed by atoms with Gasteiger partial charge < -0.3 is 10.1 Å². The molecule has 1 N–H and O–H groups in total. The number of nitrogens with zero attached hydrogens (tertiary/aromatic N) is 2. The molecule has 0 aliphatic rings. The second-order valence-electron chi connectivity index (χ2n) is 6.32. The SMILES string of the molecule is COc1cc(CC(=O)Nc2c(C)nn(-c3ccccc3)c2C)ccc1C. The first-order valence-electron chi connectivity index (χ1n) is 8.54. The van der Waals surface area contributed by atoms with Crippen molar-refractivity contribution in [1.82, 2.24) is 9.78 Å². The predicted octanol–water partition coefficient (Wildman–Crippen LogP) is 3.99. The van der Waals surface area contributed by atoms with Gasteiger partial charge in [0.2, 0.25) is 5.91 Å². The molecule has 0 spiro atoms. The van der Waals surface area contributed by atoms with Gasteiger partial charge in [0.15, 0.2) is 0 Å². The number of carbonyl (C=O) groups excluding carboxylic acids is 1. The highest BCUT2D eigenvalue weighted by Crippen LogP contribution is 2.24. The van der Waals surface area contributed by atoms with Crippen molar-refractivity contribution in [1.29, 1.82) is 0 Å². The van der Waals surface area contributed by atoms with Gasteiger partial charge in [-0.1, -0.05) is 30.3 Å². The number of ether oxygens (including phenoxy) is 1. The van der Waals surface area contributed by atoms with Gasteiger partial charge in [-0.15, -0.1) is 0 Å². The second-order valence-corrected chi connectivity index (χ2v) is 6.32. The molecular weight excluding hydrogens is 326 g/mol. The largest absolute Gasteiger partial charge is 0.496 e. The molecule has 5 heteroatoms. The van der Waals surface area contributed by atoms with Crippen LogP contribution in [0.4, 0.5) is 5.69 Å². The summed E-state index contributed by atoms with van der Waals surface area (Å²) in [4.78, 5) is 12.5. The third-order valence-corrected chi connectivity index (χ3v) is 4.39. The Morgan fingerprint density at radius 3 is 2.54 bits per heavy atom. The van der Waals surface area contributed by atoms with E-state index < -0.39 is 0 Å². The van der Waals surface area contributed by atoms with Crippen molar-refractivity contribution in [3.63, 3.8) is 0 Å². The number of aryl methyl sites for hydroxylation is 2. The van der Waals surface area contributed by atoms with E-state index in [1.165, 1.54) is 0 Å². The Morgan fingerprint density at radius 1 is 1.12 bits per heavy atom. The lowest BCUT2D eigenvalue weighted by atomic mass is 10.1. The molecule has 0 fully saturated rings. The van der Waals surface area contributed by atoms with E-state index in [1.54, 1.807) is 7.11 Å². The van der Waals surface area contributed by atoms with Crippen LogP contribution in [0.5, 0.6) is 5.75 Å². The Bertz CT molecular complexity index is 930. The number of aromatic nitrogens is 2. The molecule has 0 aliphatic carbocycles. The molecule has 2 aromatic carbocycles. The highest BCUT2D eigenvalue weighted by Gasteiger charge is 2.15. The molecule has 134 valence electrons.